The van der Waals surface area contributed by atoms with Crippen LogP contribution in [0.2, 0.25) is 0 Å². The third kappa shape index (κ3) is 3.49. The molecule has 0 atom stereocenters. The van der Waals surface area contributed by atoms with Crippen molar-refractivity contribution < 1.29 is 9.59 Å². The topological polar surface area (TPSA) is 49.4 Å². The molecule has 4 rings (SSSR count). The van der Waals surface area contributed by atoms with Crippen molar-refractivity contribution in [2.75, 3.05) is 10.2 Å². The second-order valence-corrected chi connectivity index (χ2v) is 8.06. The first-order valence-electron chi connectivity index (χ1n) is 9.59. The number of anilines is 2. The van der Waals surface area contributed by atoms with Gasteiger partial charge in [0.15, 0.2) is 0 Å². The number of nitrogens with zero attached hydrogens (tertiary/aromatic N) is 1. The zero-order chi connectivity index (χ0) is 20.5. The van der Waals surface area contributed by atoms with Crippen molar-refractivity contribution >= 4 is 40.1 Å². The first-order valence-corrected chi connectivity index (χ1v) is 10.5. The van der Waals surface area contributed by atoms with Gasteiger partial charge in [0.05, 0.1) is 11.3 Å². The summed E-state index contributed by atoms with van der Waals surface area (Å²) in [5, 5.41) is 5.12. The summed E-state index contributed by atoms with van der Waals surface area (Å²) in [6, 6.07) is 17.3. The van der Waals surface area contributed by atoms with E-state index >= 15 is 0 Å². The van der Waals surface area contributed by atoms with E-state index in [1.165, 1.54) is 21.8 Å². The van der Waals surface area contributed by atoms with Crippen molar-refractivity contribution in [3.63, 3.8) is 0 Å². The van der Waals surface area contributed by atoms with Crippen molar-refractivity contribution in [2.45, 2.75) is 27.2 Å². The first-order chi connectivity index (χ1) is 14.0. The van der Waals surface area contributed by atoms with E-state index in [2.05, 4.69) is 12.2 Å². The molecular formula is C24H22N2O2S. The molecule has 146 valence electrons. The molecule has 4 nitrogen and oxygen atoms in total. The van der Waals surface area contributed by atoms with Gasteiger partial charge < -0.3 is 5.32 Å². The van der Waals surface area contributed by atoms with Crippen molar-refractivity contribution in [1.29, 1.82) is 0 Å². The molecular weight excluding hydrogens is 380 g/mol. The fraction of sp³-hybridized carbons (Fsp3) is 0.167. The lowest BCUT2D eigenvalue weighted by atomic mass is 10.1. The zero-order valence-electron chi connectivity index (χ0n) is 16.7. The molecule has 2 amide bonds. The fourth-order valence-electron chi connectivity index (χ4n) is 3.36. The van der Waals surface area contributed by atoms with Crippen LogP contribution in [0.4, 0.5) is 11.4 Å². The molecule has 0 saturated heterocycles. The molecule has 1 aliphatic rings. The minimum Gasteiger partial charge on any atom is -0.350 e. The zero-order valence-corrected chi connectivity index (χ0v) is 17.5. The predicted octanol–water partition coefficient (Wildman–Crippen LogP) is 5.32. The average molecular weight is 403 g/mol. The standard InChI is InChI=1S/C24H22N2O2S/c1-4-17-8-10-18(11-9-17)25-22-21(20-6-5-13-29-20)23(27)26(24(22)28)19-12-7-15(2)16(3)14-19/h5-14,25H,4H2,1-3H3. The number of carbonyl (C=O) groups excluding carboxylic acids is 2. The highest BCUT2D eigenvalue weighted by atomic mass is 32.1. The maximum absolute atomic E-state index is 13.3. The number of thiophene rings is 1. The Morgan fingerprint density at radius 2 is 1.69 bits per heavy atom. The van der Waals surface area contributed by atoms with E-state index in [4.69, 9.17) is 0 Å². The lowest BCUT2D eigenvalue weighted by molar-refractivity contribution is -0.120. The number of carbonyl (C=O) groups is 2. The summed E-state index contributed by atoms with van der Waals surface area (Å²) in [5.74, 6) is -0.630. The van der Waals surface area contributed by atoms with E-state index in [0.717, 1.165) is 28.1 Å². The average Bonchev–Trinajstić information content (AvgIpc) is 3.32. The molecule has 0 saturated carbocycles. The van der Waals surface area contributed by atoms with E-state index < -0.39 is 0 Å². The van der Waals surface area contributed by atoms with Gasteiger partial charge in [-0.15, -0.1) is 11.3 Å². The summed E-state index contributed by atoms with van der Waals surface area (Å²) in [5.41, 5.74) is 5.49. The maximum Gasteiger partial charge on any atom is 0.282 e. The molecule has 5 heteroatoms. The van der Waals surface area contributed by atoms with Gasteiger partial charge in [0.1, 0.15) is 5.70 Å². The smallest absolute Gasteiger partial charge is 0.282 e. The maximum atomic E-state index is 13.3. The van der Waals surface area contributed by atoms with Gasteiger partial charge in [-0.1, -0.05) is 31.2 Å². The predicted molar refractivity (Wildman–Crippen MR) is 119 cm³/mol. The summed E-state index contributed by atoms with van der Waals surface area (Å²) in [4.78, 5) is 28.7. The monoisotopic (exact) mass is 402 g/mol. The normalized spacial score (nSPS) is 14.1. The molecule has 1 aromatic heterocycles. The second kappa shape index (κ2) is 7.68. The second-order valence-electron chi connectivity index (χ2n) is 7.12. The molecule has 2 aromatic carbocycles. The Kier molecular flexibility index (Phi) is 5.07. The van der Waals surface area contributed by atoms with E-state index in [1.807, 2.05) is 73.8 Å². The van der Waals surface area contributed by atoms with Crippen molar-refractivity contribution in [2.24, 2.45) is 0 Å². The highest BCUT2D eigenvalue weighted by molar-refractivity contribution is 7.11. The Labute approximate surface area is 174 Å². The summed E-state index contributed by atoms with van der Waals surface area (Å²) < 4.78 is 0. The van der Waals surface area contributed by atoms with Crippen LogP contribution in [-0.4, -0.2) is 11.8 Å². The number of aryl methyl sites for hydroxylation is 3. The van der Waals surface area contributed by atoms with Crippen LogP contribution in [0.25, 0.3) is 5.57 Å². The molecule has 1 aliphatic heterocycles. The van der Waals surface area contributed by atoms with E-state index in [0.29, 0.717) is 17.0 Å². The van der Waals surface area contributed by atoms with Crippen LogP contribution >= 0.6 is 11.3 Å². The Morgan fingerprint density at radius 3 is 2.31 bits per heavy atom. The third-order valence-corrected chi connectivity index (χ3v) is 6.12. The van der Waals surface area contributed by atoms with Crippen molar-refractivity contribution in [3.05, 3.63) is 87.2 Å². The van der Waals surface area contributed by atoms with Gasteiger partial charge >= 0.3 is 0 Å². The molecule has 0 spiro atoms. The van der Waals surface area contributed by atoms with E-state index in [1.54, 1.807) is 0 Å². The lowest BCUT2D eigenvalue weighted by Crippen LogP contribution is -2.32. The van der Waals surface area contributed by atoms with E-state index in [9.17, 15) is 9.59 Å². The van der Waals surface area contributed by atoms with Crippen LogP contribution < -0.4 is 10.2 Å². The van der Waals surface area contributed by atoms with Crippen molar-refractivity contribution in [1.82, 2.24) is 0 Å². The third-order valence-electron chi connectivity index (χ3n) is 5.23. The molecule has 29 heavy (non-hydrogen) atoms. The first kappa shape index (κ1) is 19.2. The number of amides is 2. The van der Waals surface area contributed by atoms with Crippen molar-refractivity contribution in [3.8, 4) is 0 Å². The Morgan fingerprint density at radius 1 is 0.931 bits per heavy atom. The Bertz CT molecular complexity index is 1110. The number of hydrogen-bond donors (Lipinski definition) is 1. The molecule has 0 radical (unpaired) electrons. The Balaban J connectivity index is 1.76. The SMILES string of the molecule is CCc1ccc(NC2=C(c3cccs3)C(=O)N(c3ccc(C)c(C)c3)C2=O)cc1. The summed E-state index contributed by atoms with van der Waals surface area (Å²) >= 11 is 1.45. The van der Waals surface area contributed by atoms with Crippen LogP contribution in [0.3, 0.4) is 0 Å². The van der Waals surface area contributed by atoms with Gasteiger partial charge in [-0.3, -0.25) is 9.59 Å². The molecule has 1 N–H and O–H groups in total. The van der Waals surface area contributed by atoms with Gasteiger partial charge in [-0.2, -0.15) is 0 Å². The van der Waals surface area contributed by atoms with Crippen LogP contribution in [0, 0.1) is 13.8 Å². The van der Waals surface area contributed by atoms with Gasteiger partial charge in [0.25, 0.3) is 11.8 Å². The molecule has 0 unspecified atom stereocenters. The van der Waals surface area contributed by atoms with Crippen LogP contribution in [0.1, 0.15) is 28.5 Å². The van der Waals surface area contributed by atoms with Crippen LogP contribution in [-0.2, 0) is 16.0 Å². The number of rotatable bonds is 5. The minimum atomic E-state index is -0.332. The van der Waals surface area contributed by atoms with Gasteiger partial charge in [0.2, 0.25) is 0 Å². The lowest BCUT2D eigenvalue weighted by Gasteiger charge is -2.16. The largest absolute Gasteiger partial charge is 0.350 e. The Hall–Kier alpha value is -3.18. The van der Waals surface area contributed by atoms with Gasteiger partial charge in [-0.25, -0.2) is 4.90 Å². The molecule has 2 heterocycles. The number of imide groups is 1. The highest BCUT2D eigenvalue weighted by Crippen LogP contribution is 2.36. The minimum absolute atomic E-state index is 0.298. The van der Waals surface area contributed by atoms with Crippen LogP contribution in [0.5, 0.6) is 0 Å². The number of benzene rings is 2. The summed E-state index contributed by atoms with van der Waals surface area (Å²) in [6.07, 6.45) is 0.946. The van der Waals surface area contributed by atoms with Crippen LogP contribution in [0.15, 0.2) is 65.7 Å². The fourth-order valence-corrected chi connectivity index (χ4v) is 4.13. The summed E-state index contributed by atoms with van der Waals surface area (Å²) in [6.45, 7) is 6.08. The quantitative estimate of drug-likeness (QED) is 0.587. The van der Waals surface area contributed by atoms with Gasteiger partial charge in [-0.05, 0) is 72.7 Å². The number of hydrogen-bond acceptors (Lipinski definition) is 4. The molecule has 3 aromatic rings. The van der Waals surface area contributed by atoms with Gasteiger partial charge in [0, 0.05) is 10.6 Å². The summed E-state index contributed by atoms with van der Waals surface area (Å²) in [7, 11) is 0. The molecule has 0 fully saturated rings. The number of nitrogens with one attached hydrogen (secondary N) is 1. The molecule has 0 aliphatic carbocycles. The highest BCUT2D eigenvalue weighted by Gasteiger charge is 2.40. The van der Waals surface area contributed by atoms with E-state index in [-0.39, 0.29) is 11.8 Å². The molecule has 0 bridgehead atoms.